The molecule has 100 valence electrons. The van der Waals surface area contributed by atoms with Gasteiger partial charge in [-0.05, 0) is 30.6 Å². The Morgan fingerprint density at radius 2 is 2.24 bits per heavy atom. The second-order valence-corrected chi connectivity index (χ2v) is 6.62. The van der Waals surface area contributed by atoms with E-state index in [-0.39, 0.29) is 11.2 Å². The van der Waals surface area contributed by atoms with E-state index in [1.807, 2.05) is 0 Å². The molecule has 1 rings (SSSR count). The van der Waals surface area contributed by atoms with Gasteiger partial charge in [0.05, 0.1) is 5.25 Å². The van der Waals surface area contributed by atoms with Crippen LogP contribution in [0.3, 0.4) is 0 Å². The van der Waals surface area contributed by atoms with Crippen molar-refractivity contribution in [3.8, 4) is 0 Å². The lowest BCUT2D eigenvalue weighted by Gasteiger charge is -2.32. The second kappa shape index (κ2) is 7.27. The number of thioether (sulfide) groups is 1. The van der Waals surface area contributed by atoms with Gasteiger partial charge in [0.2, 0.25) is 5.91 Å². The molecule has 0 bridgehead atoms. The van der Waals surface area contributed by atoms with Gasteiger partial charge in [0, 0.05) is 12.6 Å². The van der Waals surface area contributed by atoms with Crippen LogP contribution in [0.1, 0.15) is 34.1 Å². The molecule has 0 aliphatic carbocycles. The van der Waals surface area contributed by atoms with Gasteiger partial charge in [-0.3, -0.25) is 4.79 Å². The first-order valence-corrected chi connectivity index (χ1v) is 7.73. The Hall–Kier alpha value is -0.220. The van der Waals surface area contributed by atoms with E-state index in [4.69, 9.17) is 0 Å². The maximum absolute atomic E-state index is 12.2. The molecule has 17 heavy (non-hydrogen) atoms. The maximum Gasteiger partial charge on any atom is 0.233 e. The number of carbonyl (C=O) groups is 1. The summed E-state index contributed by atoms with van der Waals surface area (Å²) in [6.45, 7) is 10.6. The van der Waals surface area contributed by atoms with Gasteiger partial charge in [0.1, 0.15) is 0 Å². The number of carbonyl (C=O) groups excluding carboxylic acids is 1. The van der Waals surface area contributed by atoms with Crippen LogP contribution in [0.5, 0.6) is 0 Å². The highest BCUT2D eigenvalue weighted by molar-refractivity contribution is 8.00. The molecule has 3 atom stereocenters. The molecule has 0 saturated carbocycles. The van der Waals surface area contributed by atoms with Crippen molar-refractivity contribution in [3.63, 3.8) is 0 Å². The molecule has 1 aliphatic heterocycles. The number of rotatable bonds is 5. The highest BCUT2D eigenvalue weighted by Gasteiger charge is 2.27. The topological polar surface area (TPSA) is 41.1 Å². The third-order valence-corrected chi connectivity index (χ3v) is 4.82. The van der Waals surface area contributed by atoms with E-state index in [0.717, 1.165) is 25.3 Å². The van der Waals surface area contributed by atoms with E-state index in [2.05, 4.69) is 38.3 Å². The van der Waals surface area contributed by atoms with Gasteiger partial charge in [-0.2, -0.15) is 0 Å². The molecule has 0 spiro atoms. The summed E-state index contributed by atoms with van der Waals surface area (Å²) in [5.41, 5.74) is 0. The summed E-state index contributed by atoms with van der Waals surface area (Å²) in [6, 6.07) is 0.301. The smallest absolute Gasteiger partial charge is 0.233 e. The number of piperidine rings is 1. The molecule has 3 nitrogen and oxygen atoms in total. The molecule has 2 N–H and O–H groups in total. The third-order valence-electron chi connectivity index (χ3n) is 3.37. The Labute approximate surface area is 109 Å². The molecule has 1 saturated heterocycles. The lowest BCUT2D eigenvalue weighted by molar-refractivity contribution is -0.122. The highest BCUT2D eigenvalue weighted by Crippen LogP contribution is 2.20. The van der Waals surface area contributed by atoms with Gasteiger partial charge in [0.15, 0.2) is 0 Å². The van der Waals surface area contributed by atoms with Crippen LogP contribution in [0.25, 0.3) is 0 Å². The van der Waals surface area contributed by atoms with E-state index >= 15 is 0 Å². The Morgan fingerprint density at radius 1 is 1.53 bits per heavy atom. The lowest BCUT2D eigenvalue weighted by Crippen LogP contribution is -2.52. The third kappa shape index (κ3) is 4.51. The molecule has 0 aromatic rings. The average molecular weight is 258 g/mol. The van der Waals surface area contributed by atoms with Gasteiger partial charge in [-0.1, -0.05) is 27.7 Å². The number of hydrogen-bond donors (Lipinski definition) is 2. The van der Waals surface area contributed by atoms with Crippen molar-refractivity contribution in [2.24, 2.45) is 11.8 Å². The lowest BCUT2D eigenvalue weighted by atomic mass is 9.94. The first-order valence-electron chi connectivity index (χ1n) is 6.69. The van der Waals surface area contributed by atoms with Crippen LogP contribution in [0.15, 0.2) is 0 Å². The molecular weight excluding hydrogens is 232 g/mol. The van der Waals surface area contributed by atoms with Crippen molar-refractivity contribution in [1.82, 2.24) is 10.6 Å². The summed E-state index contributed by atoms with van der Waals surface area (Å²) in [4.78, 5) is 12.2. The molecule has 0 radical (unpaired) electrons. The van der Waals surface area contributed by atoms with Gasteiger partial charge in [-0.25, -0.2) is 0 Å². The zero-order chi connectivity index (χ0) is 12.8. The summed E-state index contributed by atoms with van der Waals surface area (Å²) in [5.74, 6) is 2.19. The normalized spacial score (nSPS) is 26.9. The summed E-state index contributed by atoms with van der Waals surface area (Å²) >= 11 is 1.75. The van der Waals surface area contributed by atoms with Crippen LogP contribution in [0.4, 0.5) is 0 Å². The van der Waals surface area contributed by atoms with Gasteiger partial charge in [-0.15, -0.1) is 11.8 Å². The van der Waals surface area contributed by atoms with Crippen LogP contribution >= 0.6 is 11.8 Å². The molecule has 1 fully saturated rings. The standard InChI is InChI=1S/C13H26N2OS/c1-5-17-12(9(2)3)13(16)15-11-8-14-7-6-10(11)4/h9-12,14H,5-8H2,1-4H3,(H,15,16). The zero-order valence-electron chi connectivity index (χ0n) is 11.5. The van der Waals surface area contributed by atoms with Crippen molar-refractivity contribution in [1.29, 1.82) is 0 Å². The van der Waals surface area contributed by atoms with Crippen LogP contribution in [0, 0.1) is 11.8 Å². The van der Waals surface area contributed by atoms with Crippen LogP contribution < -0.4 is 10.6 Å². The number of hydrogen-bond acceptors (Lipinski definition) is 3. The predicted molar refractivity (Wildman–Crippen MR) is 75.3 cm³/mol. The average Bonchev–Trinajstić information content (AvgIpc) is 2.28. The molecule has 3 unspecified atom stereocenters. The largest absolute Gasteiger partial charge is 0.351 e. The SMILES string of the molecule is CCSC(C(=O)NC1CNCCC1C)C(C)C. The van der Waals surface area contributed by atoms with Gasteiger partial charge in [0.25, 0.3) is 0 Å². The first kappa shape index (κ1) is 14.8. The summed E-state index contributed by atoms with van der Waals surface area (Å²) in [6.07, 6.45) is 1.15. The minimum atomic E-state index is 0.0918. The van der Waals surface area contributed by atoms with E-state index in [9.17, 15) is 4.79 Å². The van der Waals surface area contributed by atoms with Crippen molar-refractivity contribution in [3.05, 3.63) is 0 Å². The van der Waals surface area contributed by atoms with Gasteiger partial charge < -0.3 is 10.6 Å². The minimum absolute atomic E-state index is 0.0918. The summed E-state index contributed by atoms with van der Waals surface area (Å²) < 4.78 is 0. The van der Waals surface area contributed by atoms with Crippen molar-refractivity contribution >= 4 is 17.7 Å². The Balaban J connectivity index is 2.50. The van der Waals surface area contributed by atoms with E-state index in [1.54, 1.807) is 11.8 Å². The predicted octanol–water partition coefficient (Wildman–Crippen LogP) is 1.88. The molecule has 0 aromatic heterocycles. The quantitative estimate of drug-likeness (QED) is 0.791. The fourth-order valence-electron chi connectivity index (χ4n) is 2.20. The zero-order valence-corrected chi connectivity index (χ0v) is 12.3. The van der Waals surface area contributed by atoms with Crippen molar-refractivity contribution < 1.29 is 4.79 Å². The Bertz CT molecular complexity index is 246. The fourth-order valence-corrected chi connectivity index (χ4v) is 3.16. The van der Waals surface area contributed by atoms with Crippen LogP contribution in [0.2, 0.25) is 0 Å². The van der Waals surface area contributed by atoms with Crippen LogP contribution in [-0.2, 0) is 4.79 Å². The summed E-state index contributed by atoms with van der Waals surface area (Å²) in [7, 11) is 0. The molecule has 1 heterocycles. The van der Waals surface area contributed by atoms with Crippen molar-refractivity contribution in [2.45, 2.75) is 45.4 Å². The molecule has 0 aromatic carbocycles. The molecular formula is C13H26N2OS. The molecule has 1 amide bonds. The van der Waals surface area contributed by atoms with E-state index < -0.39 is 0 Å². The second-order valence-electron chi connectivity index (χ2n) is 5.21. The molecule has 4 heteroatoms. The minimum Gasteiger partial charge on any atom is -0.351 e. The van der Waals surface area contributed by atoms with Crippen LogP contribution in [-0.4, -0.2) is 36.0 Å². The Morgan fingerprint density at radius 3 is 2.76 bits per heavy atom. The fraction of sp³-hybridized carbons (Fsp3) is 0.923. The monoisotopic (exact) mass is 258 g/mol. The van der Waals surface area contributed by atoms with E-state index in [1.165, 1.54) is 0 Å². The summed E-state index contributed by atoms with van der Waals surface area (Å²) in [5, 5.41) is 6.65. The molecule has 1 aliphatic rings. The Kier molecular flexibility index (Phi) is 6.34. The maximum atomic E-state index is 12.2. The van der Waals surface area contributed by atoms with Gasteiger partial charge >= 0.3 is 0 Å². The highest BCUT2D eigenvalue weighted by atomic mass is 32.2. The number of amides is 1. The van der Waals surface area contributed by atoms with E-state index in [0.29, 0.717) is 17.9 Å². The number of nitrogens with one attached hydrogen (secondary N) is 2. The first-order chi connectivity index (χ1) is 8.06. The van der Waals surface area contributed by atoms with Crippen molar-refractivity contribution in [2.75, 3.05) is 18.8 Å².